The number of hydrogen-bond donors (Lipinski definition) is 1. The molecular weight excluding hydrogens is 621 g/mol. The van der Waals surface area contributed by atoms with Gasteiger partial charge >= 0.3 is 0 Å². The molecule has 0 aliphatic heterocycles. The summed E-state index contributed by atoms with van der Waals surface area (Å²) in [6, 6.07) is 26.1. The van der Waals surface area contributed by atoms with Gasteiger partial charge in [-0.05, 0) is 60.5 Å². The molecule has 4 rings (SSSR count). The zero-order valence-electron chi connectivity index (χ0n) is 24.5. The van der Waals surface area contributed by atoms with Gasteiger partial charge in [0.1, 0.15) is 18.3 Å². The molecule has 2 amide bonds. The first-order valence-electron chi connectivity index (χ1n) is 13.8. The van der Waals surface area contributed by atoms with Crippen LogP contribution >= 0.6 is 23.2 Å². The lowest BCUT2D eigenvalue weighted by Gasteiger charge is -2.33. The van der Waals surface area contributed by atoms with Crippen molar-refractivity contribution in [3.63, 3.8) is 0 Å². The van der Waals surface area contributed by atoms with Crippen LogP contribution < -0.4 is 14.4 Å². The number of likely N-dealkylation sites (N-methyl/N-ethyl adjacent to an activating group) is 1. The molecule has 0 aliphatic rings. The lowest BCUT2D eigenvalue weighted by Crippen LogP contribution is -2.53. The van der Waals surface area contributed by atoms with Crippen molar-refractivity contribution < 1.29 is 22.7 Å². The maximum absolute atomic E-state index is 14.3. The molecule has 8 nitrogen and oxygen atoms in total. The quantitative estimate of drug-likeness (QED) is 0.206. The number of benzene rings is 4. The molecule has 0 bridgehead atoms. The van der Waals surface area contributed by atoms with Gasteiger partial charge in [0.25, 0.3) is 10.0 Å². The fraction of sp³-hybridized carbons (Fsp3) is 0.212. The molecule has 230 valence electrons. The first kappa shape index (κ1) is 32.9. The molecular formula is C33H33Cl2N3O5S. The molecule has 0 saturated carbocycles. The molecule has 4 aromatic carbocycles. The molecule has 0 aromatic heterocycles. The molecule has 44 heavy (non-hydrogen) atoms. The molecule has 4 aromatic rings. The van der Waals surface area contributed by atoms with Crippen molar-refractivity contribution in [3.8, 4) is 5.75 Å². The fourth-order valence-electron chi connectivity index (χ4n) is 4.68. The highest BCUT2D eigenvalue weighted by atomic mass is 35.5. The minimum atomic E-state index is -4.26. The Hall–Kier alpha value is -4.05. The average Bonchev–Trinajstić information content (AvgIpc) is 3.02. The number of sulfonamides is 1. The van der Waals surface area contributed by atoms with E-state index in [-0.39, 0.29) is 28.6 Å². The van der Waals surface area contributed by atoms with E-state index in [1.807, 2.05) is 37.3 Å². The Morgan fingerprint density at radius 1 is 0.886 bits per heavy atom. The van der Waals surface area contributed by atoms with E-state index >= 15 is 0 Å². The zero-order valence-corrected chi connectivity index (χ0v) is 26.9. The second kappa shape index (κ2) is 14.6. The maximum Gasteiger partial charge on any atom is 0.264 e. The van der Waals surface area contributed by atoms with E-state index in [9.17, 15) is 18.0 Å². The monoisotopic (exact) mass is 653 g/mol. The normalized spacial score (nSPS) is 11.8. The summed E-state index contributed by atoms with van der Waals surface area (Å²) >= 11 is 12.5. The summed E-state index contributed by atoms with van der Waals surface area (Å²) < 4.78 is 34.5. The Bertz CT molecular complexity index is 1700. The predicted molar refractivity (Wildman–Crippen MR) is 174 cm³/mol. The number of nitrogens with one attached hydrogen (secondary N) is 1. The fourth-order valence-corrected chi connectivity index (χ4v) is 6.47. The highest BCUT2D eigenvalue weighted by Gasteiger charge is 2.34. The Morgan fingerprint density at radius 2 is 1.55 bits per heavy atom. The van der Waals surface area contributed by atoms with Gasteiger partial charge in [0.05, 0.1) is 22.7 Å². The largest absolute Gasteiger partial charge is 0.495 e. The number of anilines is 1. The van der Waals surface area contributed by atoms with E-state index in [1.165, 1.54) is 49.4 Å². The average molecular weight is 655 g/mol. The van der Waals surface area contributed by atoms with Gasteiger partial charge in [-0.25, -0.2) is 8.42 Å². The van der Waals surface area contributed by atoms with Crippen LogP contribution in [0, 0.1) is 6.92 Å². The number of carbonyl (C=O) groups excluding carboxylic acids is 2. The van der Waals surface area contributed by atoms with Crippen LogP contribution in [0.3, 0.4) is 0 Å². The van der Waals surface area contributed by atoms with Gasteiger partial charge < -0.3 is 15.0 Å². The SMILES string of the molecule is CNC(=O)[C@H](Cc1ccccc1)N(Cc1ccc(Cl)cc1)C(=O)CN(c1ccc(OC)c(Cl)c1)S(=O)(=O)c1ccc(C)cc1. The van der Waals surface area contributed by atoms with Gasteiger partial charge in [-0.1, -0.05) is 83.4 Å². The van der Waals surface area contributed by atoms with Crippen LogP contribution in [0.5, 0.6) is 5.75 Å². The molecule has 11 heteroatoms. The smallest absolute Gasteiger partial charge is 0.264 e. The van der Waals surface area contributed by atoms with Crippen LogP contribution in [0.1, 0.15) is 16.7 Å². The van der Waals surface area contributed by atoms with E-state index in [4.69, 9.17) is 27.9 Å². The third kappa shape index (κ3) is 7.91. The Kier molecular flexibility index (Phi) is 10.9. The zero-order chi connectivity index (χ0) is 31.9. The van der Waals surface area contributed by atoms with Crippen LogP contribution in [0.2, 0.25) is 10.0 Å². The number of hydrogen-bond acceptors (Lipinski definition) is 5. The molecule has 0 spiro atoms. The number of methoxy groups -OCH3 is 1. The van der Waals surface area contributed by atoms with Crippen LogP contribution in [0.25, 0.3) is 0 Å². The topological polar surface area (TPSA) is 96.0 Å². The second-order valence-corrected chi connectivity index (χ2v) is 12.8. The predicted octanol–water partition coefficient (Wildman–Crippen LogP) is 5.89. The second-order valence-electron chi connectivity index (χ2n) is 10.1. The van der Waals surface area contributed by atoms with Gasteiger partial charge in [-0.2, -0.15) is 0 Å². The number of rotatable bonds is 12. The van der Waals surface area contributed by atoms with Gasteiger partial charge in [-0.3, -0.25) is 13.9 Å². The minimum absolute atomic E-state index is 0.000714. The third-order valence-electron chi connectivity index (χ3n) is 7.09. The Morgan fingerprint density at radius 3 is 2.14 bits per heavy atom. The highest BCUT2D eigenvalue weighted by molar-refractivity contribution is 7.92. The van der Waals surface area contributed by atoms with Crippen LogP contribution in [-0.4, -0.2) is 51.9 Å². The van der Waals surface area contributed by atoms with E-state index in [0.29, 0.717) is 16.3 Å². The third-order valence-corrected chi connectivity index (χ3v) is 9.43. The van der Waals surface area contributed by atoms with Gasteiger partial charge in [0.2, 0.25) is 11.8 Å². The van der Waals surface area contributed by atoms with E-state index in [1.54, 1.807) is 36.4 Å². The minimum Gasteiger partial charge on any atom is -0.495 e. The molecule has 0 heterocycles. The van der Waals surface area contributed by atoms with Crippen molar-refractivity contribution in [2.45, 2.75) is 30.8 Å². The summed E-state index contributed by atoms with van der Waals surface area (Å²) in [7, 11) is -1.31. The molecule has 0 saturated heterocycles. The summed E-state index contributed by atoms with van der Waals surface area (Å²) in [5.41, 5.74) is 2.59. The molecule has 0 radical (unpaired) electrons. The molecule has 0 unspecified atom stereocenters. The van der Waals surface area contributed by atoms with E-state index in [2.05, 4.69) is 5.32 Å². The van der Waals surface area contributed by atoms with Crippen molar-refractivity contribution in [1.29, 1.82) is 0 Å². The number of amides is 2. The van der Waals surface area contributed by atoms with Gasteiger partial charge in [0.15, 0.2) is 0 Å². The number of carbonyl (C=O) groups is 2. The van der Waals surface area contributed by atoms with Crippen LogP contribution in [-0.2, 0) is 32.6 Å². The maximum atomic E-state index is 14.3. The van der Waals surface area contributed by atoms with Gasteiger partial charge in [0, 0.05) is 25.0 Å². The number of nitrogens with zero attached hydrogens (tertiary/aromatic N) is 2. The summed E-state index contributed by atoms with van der Waals surface area (Å²) in [5.74, 6) is -0.634. The Balaban J connectivity index is 1.80. The van der Waals surface area contributed by atoms with Crippen LogP contribution in [0.4, 0.5) is 5.69 Å². The van der Waals surface area contributed by atoms with Crippen molar-refractivity contribution in [1.82, 2.24) is 10.2 Å². The molecule has 0 aliphatic carbocycles. The first-order valence-corrected chi connectivity index (χ1v) is 16.0. The highest BCUT2D eigenvalue weighted by Crippen LogP contribution is 2.32. The summed E-state index contributed by atoms with van der Waals surface area (Å²) in [6.45, 7) is 1.28. The van der Waals surface area contributed by atoms with Crippen molar-refractivity contribution in [2.24, 2.45) is 0 Å². The van der Waals surface area contributed by atoms with Crippen molar-refractivity contribution in [3.05, 3.63) is 124 Å². The first-order chi connectivity index (χ1) is 21.0. The lowest BCUT2D eigenvalue weighted by molar-refractivity contribution is -0.139. The van der Waals surface area contributed by atoms with Crippen LogP contribution in [0.15, 0.2) is 102 Å². The number of ether oxygens (including phenoxy) is 1. The standard InChI is InChI=1S/C33H33Cl2N3O5S/c1-23-9-16-28(17-10-23)44(41,42)38(27-15-18-31(43-3)29(35)20-27)22-32(39)37(21-25-11-13-26(34)14-12-25)30(33(40)36-2)19-24-7-5-4-6-8-24/h4-18,20,30H,19,21-22H2,1-3H3,(H,36,40)/t30-/m0/s1. The summed E-state index contributed by atoms with van der Waals surface area (Å²) in [6.07, 6.45) is 0.207. The molecule has 1 atom stereocenters. The Labute approximate surface area is 268 Å². The van der Waals surface area contributed by atoms with E-state index in [0.717, 1.165) is 15.4 Å². The van der Waals surface area contributed by atoms with Crippen molar-refractivity contribution in [2.75, 3.05) is 25.0 Å². The van der Waals surface area contributed by atoms with Gasteiger partial charge in [-0.15, -0.1) is 0 Å². The number of halogens is 2. The summed E-state index contributed by atoms with van der Waals surface area (Å²) in [5, 5.41) is 3.36. The van der Waals surface area contributed by atoms with Crippen molar-refractivity contribution >= 4 is 50.7 Å². The molecule has 0 fully saturated rings. The lowest BCUT2D eigenvalue weighted by atomic mass is 10.0. The summed E-state index contributed by atoms with van der Waals surface area (Å²) in [4.78, 5) is 29.1. The molecule has 1 N–H and O–H groups in total. The number of aryl methyl sites for hydroxylation is 1. The van der Waals surface area contributed by atoms with E-state index < -0.39 is 34.4 Å².